The number of amides is 1. The SMILES string of the molecule is CCOc1c(Cl)cc(/C=C/C(=O)Nc2ccc(OC)c(OCc3ccncc3)c2)cc1OC. The Hall–Kier alpha value is -3.71. The van der Waals surface area contributed by atoms with Crippen molar-refractivity contribution in [3.8, 4) is 23.0 Å². The molecule has 0 radical (unpaired) electrons. The topological polar surface area (TPSA) is 78.9 Å². The number of hydrogen-bond acceptors (Lipinski definition) is 6. The Morgan fingerprint density at radius 3 is 2.45 bits per heavy atom. The molecule has 1 N–H and O–H groups in total. The summed E-state index contributed by atoms with van der Waals surface area (Å²) in [6.07, 6.45) is 6.45. The van der Waals surface area contributed by atoms with Crippen LogP contribution < -0.4 is 24.3 Å². The van der Waals surface area contributed by atoms with Crippen molar-refractivity contribution in [2.24, 2.45) is 0 Å². The second-order valence-corrected chi connectivity index (χ2v) is 7.21. The fourth-order valence-electron chi connectivity index (χ4n) is 2.98. The van der Waals surface area contributed by atoms with Crippen LogP contribution in [-0.2, 0) is 11.4 Å². The van der Waals surface area contributed by atoms with Crippen LogP contribution in [0.5, 0.6) is 23.0 Å². The summed E-state index contributed by atoms with van der Waals surface area (Å²) >= 11 is 6.29. The lowest BCUT2D eigenvalue weighted by Crippen LogP contribution is -2.08. The normalized spacial score (nSPS) is 10.7. The van der Waals surface area contributed by atoms with Gasteiger partial charge in [-0.3, -0.25) is 9.78 Å². The second kappa shape index (κ2) is 11.8. The van der Waals surface area contributed by atoms with Crippen LogP contribution in [-0.4, -0.2) is 31.7 Å². The number of ether oxygens (including phenoxy) is 4. The largest absolute Gasteiger partial charge is 0.493 e. The molecule has 0 unspecified atom stereocenters. The van der Waals surface area contributed by atoms with Gasteiger partial charge in [0.25, 0.3) is 0 Å². The maximum absolute atomic E-state index is 12.5. The predicted octanol–water partition coefficient (Wildman–Crippen LogP) is 5.38. The smallest absolute Gasteiger partial charge is 0.248 e. The van der Waals surface area contributed by atoms with Crippen LogP contribution in [0, 0.1) is 0 Å². The number of halogens is 1. The number of anilines is 1. The number of nitrogens with zero attached hydrogens (tertiary/aromatic N) is 1. The monoisotopic (exact) mass is 468 g/mol. The molecule has 0 atom stereocenters. The van der Waals surface area contributed by atoms with Gasteiger partial charge in [0.05, 0.1) is 25.8 Å². The van der Waals surface area contributed by atoms with E-state index in [1.165, 1.54) is 13.2 Å². The van der Waals surface area contributed by atoms with E-state index in [1.807, 2.05) is 19.1 Å². The first-order valence-electron chi connectivity index (χ1n) is 10.2. The minimum absolute atomic E-state index is 0.316. The van der Waals surface area contributed by atoms with Crippen molar-refractivity contribution in [2.45, 2.75) is 13.5 Å². The number of methoxy groups -OCH3 is 2. The van der Waals surface area contributed by atoms with Gasteiger partial charge in [0.2, 0.25) is 5.91 Å². The van der Waals surface area contributed by atoms with Gasteiger partial charge in [0.1, 0.15) is 6.61 Å². The summed E-state index contributed by atoms with van der Waals surface area (Å²) in [5, 5.41) is 3.22. The molecule has 0 aliphatic carbocycles. The highest BCUT2D eigenvalue weighted by atomic mass is 35.5. The van der Waals surface area contributed by atoms with Crippen molar-refractivity contribution in [2.75, 3.05) is 26.1 Å². The molecule has 2 aromatic carbocycles. The van der Waals surface area contributed by atoms with E-state index in [-0.39, 0.29) is 5.91 Å². The van der Waals surface area contributed by atoms with Crippen molar-refractivity contribution in [3.05, 3.63) is 77.1 Å². The number of nitrogens with one attached hydrogen (secondary N) is 1. The minimum Gasteiger partial charge on any atom is -0.493 e. The summed E-state index contributed by atoms with van der Waals surface area (Å²) in [7, 11) is 3.10. The molecular formula is C25H25ClN2O5. The average molecular weight is 469 g/mol. The molecule has 0 spiro atoms. The van der Waals surface area contributed by atoms with Crippen molar-refractivity contribution < 1.29 is 23.7 Å². The van der Waals surface area contributed by atoms with Crippen LogP contribution in [0.25, 0.3) is 6.08 Å². The van der Waals surface area contributed by atoms with Crippen molar-refractivity contribution in [1.29, 1.82) is 0 Å². The summed E-state index contributed by atoms with van der Waals surface area (Å²) < 4.78 is 22.1. The Labute approximate surface area is 197 Å². The Bertz CT molecular complexity index is 1120. The van der Waals surface area contributed by atoms with E-state index < -0.39 is 0 Å². The lowest BCUT2D eigenvalue weighted by Gasteiger charge is -2.13. The van der Waals surface area contributed by atoms with Gasteiger partial charge >= 0.3 is 0 Å². The summed E-state index contributed by atoms with van der Waals surface area (Å²) in [4.78, 5) is 16.5. The Morgan fingerprint density at radius 1 is 1.00 bits per heavy atom. The highest BCUT2D eigenvalue weighted by Crippen LogP contribution is 2.37. The first-order chi connectivity index (χ1) is 16.0. The quantitative estimate of drug-likeness (QED) is 0.402. The minimum atomic E-state index is -0.316. The molecule has 0 bridgehead atoms. The molecule has 0 saturated heterocycles. The van der Waals surface area contributed by atoms with Gasteiger partial charge in [-0.1, -0.05) is 11.6 Å². The van der Waals surface area contributed by atoms with Crippen LogP contribution >= 0.6 is 11.6 Å². The Morgan fingerprint density at radius 2 is 1.76 bits per heavy atom. The molecular weight excluding hydrogens is 444 g/mol. The lowest BCUT2D eigenvalue weighted by molar-refractivity contribution is -0.111. The molecule has 0 fully saturated rings. The molecule has 1 amide bonds. The number of benzene rings is 2. The number of pyridine rings is 1. The van der Waals surface area contributed by atoms with E-state index >= 15 is 0 Å². The third-order valence-corrected chi connectivity index (χ3v) is 4.82. The van der Waals surface area contributed by atoms with Crippen LogP contribution in [0.3, 0.4) is 0 Å². The molecule has 1 heterocycles. The van der Waals surface area contributed by atoms with Gasteiger partial charge in [0.15, 0.2) is 23.0 Å². The third kappa shape index (κ3) is 6.63. The van der Waals surface area contributed by atoms with Crippen molar-refractivity contribution in [3.63, 3.8) is 0 Å². The lowest BCUT2D eigenvalue weighted by atomic mass is 10.2. The van der Waals surface area contributed by atoms with Gasteiger partial charge in [-0.05, 0) is 60.5 Å². The molecule has 0 aliphatic heterocycles. The fraction of sp³-hybridized carbons (Fsp3) is 0.200. The standard InChI is InChI=1S/C25H25ClN2O5/c1-4-32-25-20(26)13-18(14-23(25)31-3)5-8-24(29)28-19-6-7-21(30-2)22(15-19)33-16-17-9-11-27-12-10-17/h5-15H,4,16H2,1-3H3,(H,28,29)/b8-5+. The van der Waals surface area contributed by atoms with Gasteiger partial charge in [0, 0.05) is 30.2 Å². The first kappa shape index (κ1) is 23.9. The molecule has 172 valence electrons. The number of carbonyl (C=O) groups excluding carboxylic acids is 1. The highest BCUT2D eigenvalue weighted by Gasteiger charge is 2.11. The van der Waals surface area contributed by atoms with E-state index in [0.717, 1.165) is 5.56 Å². The zero-order valence-electron chi connectivity index (χ0n) is 18.6. The summed E-state index contributed by atoms with van der Waals surface area (Å²) in [5.41, 5.74) is 2.23. The summed E-state index contributed by atoms with van der Waals surface area (Å²) in [6.45, 7) is 2.67. The molecule has 0 aliphatic rings. The molecule has 0 saturated carbocycles. The van der Waals surface area contributed by atoms with Gasteiger partial charge in [-0.2, -0.15) is 0 Å². The maximum Gasteiger partial charge on any atom is 0.248 e. The molecule has 33 heavy (non-hydrogen) atoms. The molecule has 3 aromatic rings. The van der Waals surface area contributed by atoms with Crippen LogP contribution in [0.15, 0.2) is 60.9 Å². The van der Waals surface area contributed by atoms with Crippen molar-refractivity contribution >= 4 is 29.3 Å². The van der Waals surface area contributed by atoms with Gasteiger partial charge in [-0.25, -0.2) is 0 Å². The Balaban J connectivity index is 1.69. The van der Waals surface area contributed by atoms with Crippen molar-refractivity contribution in [1.82, 2.24) is 4.98 Å². The summed E-state index contributed by atoms with van der Waals surface area (Å²) in [5.74, 6) is 1.73. The van der Waals surface area contributed by atoms with E-state index in [0.29, 0.717) is 52.5 Å². The van der Waals surface area contributed by atoms with Crippen LogP contribution in [0.2, 0.25) is 5.02 Å². The number of rotatable bonds is 10. The van der Waals surface area contributed by atoms with Gasteiger partial charge in [-0.15, -0.1) is 0 Å². The van der Waals surface area contributed by atoms with E-state index in [4.69, 9.17) is 30.5 Å². The zero-order chi connectivity index (χ0) is 23.6. The second-order valence-electron chi connectivity index (χ2n) is 6.80. The number of carbonyl (C=O) groups is 1. The van der Waals surface area contributed by atoms with Crippen LogP contribution in [0.4, 0.5) is 5.69 Å². The van der Waals surface area contributed by atoms with E-state index in [9.17, 15) is 4.79 Å². The molecule has 8 heteroatoms. The highest BCUT2D eigenvalue weighted by molar-refractivity contribution is 6.32. The molecule has 1 aromatic heterocycles. The van der Waals surface area contributed by atoms with E-state index in [2.05, 4.69) is 10.3 Å². The third-order valence-electron chi connectivity index (χ3n) is 4.54. The zero-order valence-corrected chi connectivity index (χ0v) is 19.4. The first-order valence-corrected chi connectivity index (χ1v) is 10.6. The Kier molecular flexibility index (Phi) is 8.55. The van der Waals surface area contributed by atoms with Gasteiger partial charge < -0.3 is 24.3 Å². The predicted molar refractivity (Wildman–Crippen MR) is 128 cm³/mol. The van der Waals surface area contributed by atoms with Crippen LogP contribution in [0.1, 0.15) is 18.1 Å². The molecule has 3 rings (SSSR count). The fourth-order valence-corrected chi connectivity index (χ4v) is 3.26. The maximum atomic E-state index is 12.5. The summed E-state index contributed by atoms with van der Waals surface area (Å²) in [6, 6.07) is 12.4. The number of hydrogen-bond donors (Lipinski definition) is 1. The average Bonchev–Trinajstić information content (AvgIpc) is 2.83. The number of aromatic nitrogens is 1. The van der Waals surface area contributed by atoms with E-state index in [1.54, 1.807) is 55.9 Å². The molecule has 7 nitrogen and oxygen atoms in total.